The van der Waals surface area contributed by atoms with E-state index in [2.05, 4.69) is 5.32 Å². The lowest BCUT2D eigenvalue weighted by molar-refractivity contribution is -0.145. The van der Waals surface area contributed by atoms with E-state index in [1.807, 2.05) is 24.3 Å². The number of urea groups is 1. The minimum absolute atomic E-state index is 0.125. The molecule has 0 spiro atoms. The Hall–Kier alpha value is -1.79. The van der Waals surface area contributed by atoms with Gasteiger partial charge < -0.3 is 19.9 Å². The summed E-state index contributed by atoms with van der Waals surface area (Å²) in [5.41, 5.74) is 0.573. The molecule has 1 atom stereocenters. The van der Waals surface area contributed by atoms with Crippen LogP contribution in [0.4, 0.5) is 4.79 Å². The van der Waals surface area contributed by atoms with Crippen molar-refractivity contribution in [3.63, 3.8) is 0 Å². The first-order valence-electron chi connectivity index (χ1n) is 8.08. The molecule has 1 unspecified atom stereocenters. The second kappa shape index (κ2) is 6.61. The number of likely N-dealkylation sites (N-methyl/N-ethyl adjacent to an activating group) is 1. The fraction of sp³-hybridized carbons (Fsp3) is 0.529. The van der Waals surface area contributed by atoms with Crippen molar-refractivity contribution in [2.45, 2.75) is 24.5 Å². The third-order valence-corrected chi connectivity index (χ3v) is 4.89. The van der Waals surface area contributed by atoms with Gasteiger partial charge in [0.1, 0.15) is 0 Å². The van der Waals surface area contributed by atoms with Crippen LogP contribution in [0.25, 0.3) is 0 Å². The highest BCUT2D eigenvalue weighted by molar-refractivity contribution is 6.31. The molecule has 3 rings (SSSR count). The van der Waals surface area contributed by atoms with E-state index < -0.39 is 6.10 Å². The van der Waals surface area contributed by atoms with Gasteiger partial charge in [-0.15, -0.1) is 0 Å². The molecule has 1 heterocycles. The summed E-state index contributed by atoms with van der Waals surface area (Å²) in [6.45, 7) is 1.10. The van der Waals surface area contributed by atoms with E-state index in [-0.39, 0.29) is 24.0 Å². The number of amides is 3. The monoisotopic (exact) mass is 351 g/mol. The largest absolute Gasteiger partial charge is 0.365 e. The average molecular weight is 352 g/mol. The molecular formula is C17H22ClN3O3. The number of carbonyl (C=O) groups excluding carboxylic acids is 2. The Kier molecular flexibility index (Phi) is 4.69. The van der Waals surface area contributed by atoms with E-state index in [1.165, 1.54) is 4.90 Å². The number of halogens is 1. The Morgan fingerprint density at radius 1 is 1.33 bits per heavy atom. The van der Waals surface area contributed by atoms with Gasteiger partial charge in [0.05, 0.1) is 18.7 Å². The zero-order chi connectivity index (χ0) is 17.3. The molecule has 1 saturated carbocycles. The third kappa shape index (κ3) is 3.35. The maximum atomic E-state index is 12.7. The van der Waals surface area contributed by atoms with Crippen LogP contribution in [0.3, 0.4) is 0 Å². The molecule has 2 fully saturated rings. The van der Waals surface area contributed by atoms with Crippen molar-refractivity contribution in [1.29, 1.82) is 0 Å². The lowest BCUT2D eigenvalue weighted by Crippen LogP contribution is -2.55. The Labute approximate surface area is 146 Å². The number of hydrogen-bond acceptors (Lipinski definition) is 3. The zero-order valence-electron chi connectivity index (χ0n) is 13.9. The number of ether oxygens (including phenoxy) is 1. The highest BCUT2D eigenvalue weighted by atomic mass is 35.5. The van der Waals surface area contributed by atoms with Gasteiger partial charge in [0.15, 0.2) is 6.10 Å². The first-order valence-corrected chi connectivity index (χ1v) is 8.46. The molecule has 130 valence electrons. The van der Waals surface area contributed by atoms with Crippen LogP contribution in [0.1, 0.15) is 18.4 Å². The first kappa shape index (κ1) is 17.0. The summed E-state index contributed by atoms with van der Waals surface area (Å²) < 4.78 is 5.50. The molecular weight excluding hydrogens is 330 g/mol. The molecule has 1 aromatic rings. The summed E-state index contributed by atoms with van der Waals surface area (Å²) in [4.78, 5) is 27.9. The van der Waals surface area contributed by atoms with Crippen LogP contribution in [0.15, 0.2) is 24.3 Å². The number of nitrogens with zero attached hydrogens (tertiary/aromatic N) is 2. The molecule has 2 aliphatic rings. The van der Waals surface area contributed by atoms with Crippen molar-refractivity contribution in [3.05, 3.63) is 34.9 Å². The van der Waals surface area contributed by atoms with E-state index in [0.29, 0.717) is 18.2 Å². The van der Waals surface area contributed by atoms with Crippen molar-refractivity contribution in [3.8, 4) is 0 Å². The van der Waals surface area contributed by atoms with E-state index in [9.17, 15) is 9.59 Å². The van der Waals surface area contributed by atoms with Crippen molar-refractivity contribution < 1.29 is 14.3 Å². The normalized spacial score (nSPS) is 22.0. The van der Waals surface area contributed by atoms with Gasteiger partial charge in [0, 0.05) is 25.7 Å². The molecule has 1 N–H and O–H groups in total. The fourth-order valence-corrected chi connectivity index (χ4v) is 3.31. The summed E-state index contributed by atoms with van der Waals surface area (Å²) in [5.74, 6) is -0.125. The highest BCUT2D eigenvalue weighted by Crippen LogP contribution is 2.48. The summed E-state index contributed by atoms with van der Waals surface area (Å²) in [6.07, 6.45) is 1.13. The molecule has 0 radical (unpaired) electrons. The lowest BCUT2D eigenvalue weighted by Gasteiger charge is -2.34. The predicted octanol–water partition coefficient (Wildman–Crippen LogP) is 1.83. The van der Waals surface area contributed by atoms with Gasteiger partial charge in [-0.3, -0.25) is 4.79 Å². The van der Waals surface area contributed by atoms with Crippen molar-refractivity contribution >= 4 is 23.5 Å². The molecule has 1 saturated heterocycles. The summed E-state index contributed by atoms with van der Waals surface area (Å²) >= 11 is 6.28. The van der Waals surface area contributed by atoms with Crippen LogP contribution in [-0.4, -0.2) is 61.6 Å². The minimum Gasteiger partial charge on any atom is -0.365 e. The van der Waals surface area contributed by atoms with Gasteiger partial charge in [0.25, 0.3) is 5.91 Å². The Bertz CT molecular complexity index is 646. The maximum absolute atomic E-state index is 12.7. The van der Waals surface area contributed by atoms with Crippen LogP contribution in [0.2, 0.25) is 5.02 Å². The van der Waals surface area contributed by atoms with E-state index in [0.717, 1.165) is 18.4 Å². The second-order valence-electron chi connectivity index (χ2n) is 6.53. The zero-order valence-corrected chi connectivity index (χ0v) is 14.7. The number of morpholine rings is 1. The average Bonchev–Trinajstić information content (AvgIpc) is 3.35. The quantitative estimate of drug-likeness (QED) is 0.903. The number of hydrogen-bond donors (Lipinski definition) is 1. The van der Waals surface area contributed by atoms with E-state index >= 15 is 0 Å². The predicted molar refractivity (Wildman–Crippen MR) is 90.9 cm³/mol. The van der Waals surface area contributed by atoms with Gasteiger partial charge in [0.2, 0.25) is 0 Å². The van der Waals surface area contributed by atoms with Crippen molar-refractivity contribution in [2.75, 3.05) is 33.8 Å². The Morgan fingerprint density at radius 3 is 2.67 bits per heavy atom. The number of nitrogens with one attached hydrogen (secondary N) is 1. The smallest absolute Gasteiger partial charge is 0.318 e. The first-order chi connectivity index (χ1) is 11.4. The molecule has 0 bridgehead atoms. The third-order valence-electron chi connectivity index (χ3n) is 4.56. The van der Waals surface area contributed by atoms with Gasteiger partial charge in [-0.2, -0.15) is 0 Å². The summed E-state index contributed by atoms with van der Waals surface area (Å²) in [5, 5.41) is 3.77. The second-order valence-corrected chi connectivity index (χ2v) is 6.94. The van der Waals surface area contributed by atoms with Gasteiger partial charge in [-0.05, 0) is 24.5 Å². The Balaban J connectivity index is 1.67. The molecule has 1 aliphatic carbocycles. The fourth-order valence-electron chi connectivity index (χ4n) is 2.99. The highest BCUT2D eigenvalue weighted by Gasteiger charge is 2.48. The molecule has 24 heavy (non-hydrogen) atoms. The number of carbonyl (C=O) groups is 2. The maximum Gasteiger partial charge on any atom is 0.318 e. The van der Waals surface area contributed by atoms with E-state index in [4.69, 9.17) is 16.3 Å². The number of rotatable bonds is 3. The van der Waals surface area contributed by atoms with E-state index in [1.54, 1.807) is 19.0 Å². The van der Waals surface area contributed by atoms with Gasteiger partial charge in [-0.1, -0.05) is 29.8 Å². The molecule has 3 amide bonds. The van der Waals surface area contributed by atoms with Crippen LogP contribution in [0.5, 0.6) is 0 Å². The SMILES string of the molecule is CN(C)C(=O)C1CN(C(=O)NC2(c3ccccc3Cl)CC2)CCO1. The molecule has 1 aromatic carbocycles. The molecule has 6 nitrogen and oxygen atoms in total. The van der Waals surface area contributed by atoms with Crippen LogP contribution >= 0.6 is 11.6 Å². The molecule has 0 aromatic heterocycles. The summed E-state index contributed by atoms with van der Waals surface area (Å²) in [7, 11) is 3.36. The standard InChI is InChI=1S/C17H22ClN3O3/c1-20(2)15(22)14-11-21(9-10-24-14)16(23)19-17(7-8-17)12-5-3-4-6-13(12)18/h3-6,14H,7-11H2,1-2H3,(H,19,23). The summed E-state index contributed by atoms with van der Waals surface area (Å²) in [6, 6.07) is 7.42. The van der Waals surface area contributed by atoms with Crippen molar-refractivity contribution in [2.24, 2.45) is 0 Å². The van der Waals surface area contributed by atoms with Crippen LogP contribution in [0, 0.1) is 0 Å². The van der Waals surface area contributed by atoms with Gasteiger partial charge >= 0.3 is 6.03 Å². The molecule has 1 aliphatic heterocycles. The molecule has 7 heteroatoms. The topological polar surface area (TPSA) is 61.9 Å². The van der Waals surface area contributed by atoms with Crippen LogP contribution < -0.4 is 5.32 Å². The number of benzene rings is 1. The Morgan fingerprint density at radius 2 is 2.04 bits per heavy atom. The van der Waals surface area contributed by atoms with Crippen LogP contribution in [-0.2, 0) is 15.1 Å². The minimum atomic E-state index is -0.602. The van der Waals surface area contributed by atoms with Gasteiger partial charge in [-0.25, -0.2) is 4.79 Å². The van der Waals surface area contributed by atoms with Crippen molar-refractivity contribution in [1.82, 2.24) is 15.1 Å². The lowest BCUT2D eigenvalue weighted by atomic mass is 10.1.